The molecule has 0 aliphatic heterocycles. The van der Waals surface area contributed by atoms with E-state index < -0.39 is 23.1 Å². The fraction of sp³-hybridized carbons (Fsp3) is 0.0400. The monoisotopic (exact) mass is 425 g/mol. The Morgan fingerprint density at radius 1 is 0.625 bits per heavy atom. The highest BCUT2D eigenvalue weighted by molar-refractivity contribution is 6.40. The van der Waals surface area contributed by atoms with Gasteiger partial charge in [-0.2, -0.15) is 0 Å². The maximum absolute atomic E-state index is 13.1. The lowest BCUT2D eigenvalue weighted by Gasteiger charge is -2.19. The molecule has 1 heterocycles. The molecule has 1 aromatic heterocycles. The first-order valence-electron chi connectivity index (χ1n) is 9.71. The number of carbonyl (C=O) groups is 4. The molecule has 0 saturated carbocycles. The third kappa shape index (κ3) is 2.61. The van der Waals surface area contributed by atoms with Gasteiger partial charge in [-0.05, 0) is 36.4 Å². The minimum Gasteiger partial charge on any atom is -0.507 e. The molecule has 32 heavy (non-hydrogen) atoms. The van der Waals surface area contributed by atoms with Crippen LogP contribution in [0.25, 0.3) is 11.1 Å². The molecular weight excluding hydrogens is 410 g/mol. The number of allylic oxidation sites excluding steroid dienone is 4. The number of nitrogens with zero attached hydrogens (tertiary/aromatic N) is 1. The van der Waals surface area contributed by atoms with Crippen LogP contribution in [0.1, 0.15) is 52.8 Å². The molecule has 0 saturated heterocycles. The number of hydrogen-bond donors (Lipinski definition) is 2. The number of Topliss-reactive ketones (excluding diaryl/α,β-unsaturated/α-hetero) is 2. The summed E-state index contributed by atoms with van der Waals surface area (Å²) in [6.07, 6.45) is 2.33. The van der Waals surface area contributed by atoms with E-state index in [0.29, 0.717) is 11.4 Å². The molecular formula is C25H15NO6. The lowest BCUT2D eigenvalue weighted by molar-refractivity contribution is 0.0998. The van der Waals surface area contributed by atoms with E-state index in [-0.39, 0.29) is 44.9 Å². The first-order chi connectivity index (χ1) is 15.3. The second-order valence-electron chi connectivity index (χ2n) is 7.57. The van der Waals surface area contributed by atoms with Gasteiger partial charge in [0, 0.05) is 18.2 Å². The van der Waals surface area contributed by atoms with E-state index in [9.17, 15) is 29.4 Å². The normalized spacial score (nSPS) is 15.3. The zero-order valence-electron chi connectivity index (χ0n) is 16.7. The summed E-state index contributed by atoms with van der Waals surface area (Å²) in [5, 5.41) is 20.0. The highest BCUT2D eigenvalue weighted by Gasteiger charge is 2.33. The number of carbonyl (C=O) groups excluding carboxylic acids is 4. The molecule has 2 aliphatic carbocycles. The molecule has 2 N–H and O–H groups in total. The lowest BCUT2D eigenvalue weighted by Crippen LogP contribution is -2.19. The van der Waals surface area contributed by atoms with Crippen LogP contribution in [0, 0.1) is 0 Å². The van der Waals surface area contributed by atoms with Gasteiger partial charge in [0.05, 0.1) is 33.7 Å². The average molecular weight is 425 g/mol. The first kappa shape index (κ1) is 19.4. The Morgan fingerprint density at radius 2 is 1.03 bits per heavy atom. The fourth-order valence-electron chi connectivity index (χ4n) is 4.24. The van der Waals surface area contributed by atoms with Gasteiger partial charge in [0.15, 0.2) is 23.1 Å². The maximum Gasteiger partial charge on any atom is 0.196 e. The number of phenols is 2. The van der Waals surface area contributed by atoms with Gasteiger partial charge in [-0.25, -0.2) is 0 Å². The van der Waals surface area contributed by atoms with E-state index in [1.807, 2.05) is 0 Å². The summed E-state index contributed by atoms with van der Waals surface area (Å²) in [7, 11) is 1.62. The third-order valence-electron chi connectivity index (χ3n) is 5.78. The van der Waals surface area contributed by atoms with Gasteiger partial charge in [0.2, 0.25) is 0 Å². The molecule has 0 radical (unpaired) electrons. The summed E-state index contributed by atoms with van der Waals surface area (Å²) in [6, 6.07) is 11.8. The summed E-state index contributed by atoms with van der Waals surface area (Å²) < 4.78 is 1.57. The van der Waals surface area contributed by atoms with Crippen molar-refractivity contribution in [1.29, 1.82) is 0 Å². The summed E-state index contributed by atoms with van der Waals surface area (Å²) in [5.41, 5.74) is 1.13. The zero-order chi connectivity index (χ0) is 22.7. The van der Waals surface area contributed by atoms with E-state index in [0.717, 1.165) is 0 Å². The second-order valence-corrected chi connectivity index (χ2v) is 7.57. The molecule has 0 unspecified atom stereocenters. The molecule has 7 nitrogen and oxygen atoms in total. The molecule has 0 bridgehead atoms. The number of benzene rings is 2. The van der Waals surface area contributed by atoms with Crippen molar-refractivity contribution in [2.45, 2.75) is 0 Å². The summed E-state index contributed by atoms with van der Waals surface area (Å²) in [6.45, 7) is 0. The summed E-state index contributed by atoms with van der Waals surface area (Å²) in [4.78, 5) is 51.3. The number of aromatic hydroxyl groups is 2. The number of fused-ring (bicyclic) bond motifs is 2. The molecule has 0 fully saturated rings. The largest absolute Gasteiger partial charge is 0.507 e. The smallest absolute Gasteiger partial charge is 0.196 e. The summed E-state index contributed by atoms with van der Waals surface area (Å²) >= 11 is 0. The number of phenolic OH excluding ortho intramolecular Hbond substituents is 2. The Bertz CT molecular complexity index is 1360. The van der Waals surface area contributed by atoms with Crippen LogP contribution in [0.15, 0.2) is 60.7 Å². The van der Waals surface area contributed by atoms with Crippen LogP contribution in [-0.4, -0.2) is 37.9 Å². The molecule has 156 valence electrons. The zero-order valence-corrected chi connectivity index (χ0v) is 16.7. The van der Waals surface area contributed by atoms with Crippen molar-refractivity contribution in [3.05, 3.63) is 94.3 Å². The van der Waals surface area contributed by atoms with Crippen LogP contribution in [-0.2, 0) is 7.05 Å². The third-order valence-corrected chi connectivity index (χ3v) is 5.78. The van der Waals surface area contributed by atoms with E-state index >= 15 is 0 Å². The van der Waals surface area contributed by atoms with E-state index in [4.69, 9.17) is 0 Å². The number of aromatic nitrogens is 1. The average Bonchev–Trinajstić information content (AvgIpc) is 3.14. The topological polar surface area (TPSA) is 114 Å². The van der Waals surface area contributed by atoms with Crippen molar-refractivity contribution in [2.24, 2.45) is 7.05 Å². The van der Waals surface area contributed by atoms with Crippen molar-refractivity contribution in [1.82, 2.24) is 4.57 Å². The van der Waals surface area contributed by atoms with Gasteiger partial charge in [-0.1, -0.05) is 24.3 Å². The van der Waals surface area contributed by atoms with Crippen LogP contribution >= 0.6 is 0 Å². The molecule has 5 rings (SSSR count). The Kier molecular flexibility index (Phi) is 4.10. The molecule has 0 amide bonds. The predicted molar refractivity (Wildman–Crippen MR) is 115 cm³/mol. The number of rotatable bonds is 2. The highest BCUT2D eigenvalue weighted by Crippen LogP contribution is 2.36. The molecule has 2 aliphatic rings. The van der Waals surface area contributed by atoms with Gasteiger partial charge in [0.1, 0.15) is 11.5 Å². The SMILES string of the molecule is Cn1c(C2=CC(=O)c3c(O)cccc3C2=O)ccc1C1=CC(=O)c2c(O)cccc2C1=O. The fourth-order valence-corrected chi connectivity index (χ4v) is 4.24. The van der Waals surface area contributed by atoms with Gasteiger partial charge in [-0.3, -0.25) is 19.2 Å². The van der Waals surface area contributed by atoms with Crippen molar-refractivity contribution in [2.75, 3.05) is 0 Å². The Hall–Kier alpha value is -4.52. The van der Waals surface area contributed by atoms with Crippen molar-refractivity contribution >= 4 is 34.3 Å². The van der Waals surface area contributed by atoms with Crippen molar-refractivity contribution < 1.29 is 29.4 Å². The Balaban J connectivity index is 1.60. The van der Waals surface area contributed by atoms with E-state index in [2.05, 4.69) is 0 Å². The lowest BCUT2D eigenvalue weighted by atomic mass is 9.87. The number of ketones is 4. The Labute approximate surface area is 181 Å². The quantitative estimate of drug-likeness (QED) is 0.651. The standard InChI is InChI=1S/C25H15NO6/c1-26-16(14-10-20(29)22-12(24(14)31)4-2-6-18(22)27)8-9-17(26)15-11-21(30)23-13(25(15)32)5-3-7-19(23)28/h2-11,27-28H,1H3. The number of hydrogen-bond acceptors (Lipinski definition) is 6. The van der Waals surface area contributed by atoms with Crippen LogP contribution in [0.4, 0.5) is 0 Å². The van der Waals surface area contributed by atoms with Crippen molar-refractivity contribution in [3.8, 4) is 11.5 Å². The van der Waals surface area contributed by atoms with E-state index in [1.54, 1.807) is 23.7 Å². The van der Waals surface area contributed by atoms with Gasteiger partial charge in [0.25, 0.3) is 0 Å². The van der Waals surface area contributed by atoms with Crippen LogP contribution in [0.3, 0.4) is 0 Å². The van der Waals surface area contributed by atoms with Crippen LogP contribution < -0.4 is 0 Å². The van der Waals surface area contributed by atoms with Gasteiger partial charge >= 0.3 is 0 Å². The minimum atomic E-state index is -0.497. The predicted octanol–water partition coefficient (Wildman–Crippen LogP) is 3.36. The molecule has 3 aromatic rings. The highest BCUT2D eigenvalue weighted by atomic mass is 16.3. The van der Waals surface area contributed by atoms with Crippen LogP contribution in [0.2, 0.25) is 0 Å². The molecule has 7 heteroatoms. The Morgan fingerprint density at radius 3 is 1.44 bits per heavy atom. The van der Waals surface area contributed by atoms with Crippen molar-refractivity contribution in [3.63, 3.8) is 0 Å². The maximum atomic E-state index is 13.1. The van der Waals surface area contributed by atoms with Crippen LogP contribution in [0.5, 0.6) is 11.5 Å². The minimum absolute atomic E-state index is 0.0390. The summed E-state index contributed by atoms with van der Waals surface area (Å²) in [5.74, 6) is -2.38. The second kappa shape index (κ2) is 6.75. The van der Waals surface area contributed by atoms with Gasteiger partial charge < -0.3 is 14.8 Å². The van der Waals surface area contributed by atoms with E-state index in [1.165, 1.54) is 48.6 Å². The molecule has 0 spiro atoms. The van der Waals surface area contributed by atoms with Gasteiger partial charge in [-0.15, -0.1) is 0 Å². The molecule has 0 atom stereocenters. The first-order valence-corrected chi connectivity index (χ1v) is 9.71. The molecule has 2 aromatic carbocycles.